The summed E-state index contributed by atoms with van der Waals surface area (Å²) < 4.78 is 17.0. The maximum absolute atomic E-state index is 8.81. The van der Waals surface area contributed by atoms with Gasteiger partial charge in [0.1, 0.15) is 25.5 Å². The Morgan fingerprint density at radius 3 is 1.20 bits per heavy atom. The molecule has 0 fully saturated rings. The monoisotopic (exact) mass is 767 g/mol. The van der Waals surface area contributed by atoms with Crippen LogP contribution in [0.1, 0.15) is 102 Å². The first-order valence-corrected chi connectivity index (χ1v) is 19.3. The van der Waals surface area contributed by atoms with Crippen molar-refractivity contribution in [2.24, 2.45) is 0 Å². The van der Waals surface area contributed by atoms with Gasteiger partial charge in [0.25, 0.3) is 0 Å². The van der Waals surface area contributed by atoms with E-state index in [4.69, 9.17) is 28.6 Å². The molecule has 3 aliphatic heterocycles. The molecule has 0 spiro atoms. The quantitative estimate of drug-likeness (QED) is 0.250. The number of aldehydes is 3. The zero-order valence-electron chi connectivity index (χ0n) is 34.4. The second-order valence-corrected chi connectivity index (χ2v) is 12.7. The van der Waals surface area contributed by atoms with Crippen LogP contribution in [0.2, 0.25) is 0 Å². The van der Waals surface area contributed by atoms with Gasteiger partial charge in [-0.05, 0) is 122 Å². The number of aryl methyl sites for hydroxylation is 3. The molecule has 0 saturated heterocycles. The molecule has 12 nitrogen and oxygen atoms in total. The molecule has 12 heteroatoms. The molecule has 55 heavy (non-hydrogen) atoms. The molecule has 0 radical (unpaired) electrons. The number of nitrogens with zero attached hydrogens (tertiary/aromatic N) is 6. The van der Waals surface area contributed by atoms with E-state index in [9.17, 15) is 0 Å². The molecule has 0 atom stereocenters. The van der Waals surface area contributed by atoms with E-state index in [1.807, 2.05) is 24.7 Å². The highest BCUT2D eigenvalue weighted by molar-refractivity contribution is 5.45. The second kappa shape index (κ2) is 31.0. The molecule has 0 saturated carbocycles. The van der Waals surface area contributed by atoms with Gasteiger partial charge < -0.3 is 28.6 Å². The fraction of sp³-hybridized carbons (Fsp3) is 0.581. The van der Waals surface area contributed by atoms with Crippen LogP contribution in [0.25, 0.3) is 0 Å². The molecule has 0 aliphatic carbocycles. The molecule has 3 aromatic heterocycles. The Balaban J connectivity index is 0.000000711. The van der Waals surface area contributed by atoms with Crippen LogP contribution in [0.3, 0.4) is 0 Å². The number of hydrogen-bond donors (Lipinski definition) is 0. The third-order valence-electron chi connectivity index (χ3n) is 8.85. The highest BCUT2D eigenvalue weighted by Gasteiger charge is 2.17. The summed E-state index contributed by atoms with van der Waals surface area (Å²) in [5.41, 5.74) is 7.58. The predicted molar refractivity (Wildman–Crippen MR) is 222 cm³/mol. The van der Waals surface area contributed by atoms with Gasteiger partial charge in [0.05, 0.1) is 13.2 Å². The van der Waals surface area contributed by atoms with Crippen molar-refractivity contribution >= 4 is 18.9 Å². The van der Waals surface area contributed by atoms with Crippen LogP contribution in [-0.4, -0.2) is 108 Å². The van der Waals surface area contributed by atoms with E-state index in [-0.39, 0.29) is 7.43 Å². The number of ether oxygens (including phenoxy) is 3. The van der Waals surface area contributed by atoms with Crippen molar-refractivity contribution in [3.05, 3.63) is 70.2 Å². The lowest BCUT2D eigenvalue weighted by Crippen LogP contribution is -2.28. The predicted octanol–water partition coefficient (Wildman–Crippen LogP) is 7.23. The number of fused-ring (bicyclic) bond motifs is 3. The number of likely N-dealkylation sites (N-methyl/N-ethyl adjacent to an activating group) is 1. The van der Waals surface area contributed by atoms with E-state index in [0.29, 0.717) is 0 Å². The van der Waals surface area contributed by atoms with Crippen LogP contribution < -0.4 is 14.2 Å². The second-order valence-electron chi connectivity index (χ2n) is 12.7. The van der Waals surface area contributed by atoms with Gasteiger partial charge >= 0.3 is 0 Å². The Morgan fingerprint density at radius 2 is 0.836 bits per heavy atom. The summed E-state index contributed by atoms with van der Waals surface area (Å²) in [5, 5.41) is 0. The van der Waals surface area contributed by atoms with E-state index in [0.717, 1.165) is 128 Å². The minimum atomic E-state index is 0. The Hall–Kier alpha value is -4.26. The fourth-order valence-corrected chi connectivity index (χ4v) is 5.69. The lowest BCUT2D eigenvalue weighted by atomic mass is 10.1. The summed E-state index contributed by atoms with van der Waals surface area (Å²) in [6.07, 6.45) is 11.1. The van der Waals surface area contributed by atoms with E-state index < -0.39 is 0 Å². The molecule has 0 N–H and O–H groups in total. The van der Waals surface area contributed by atoms with Crippen LogP contribution in [0.15, 0.2) is 36.8 Å². The Kier molecular flexibility index (Phi) is 28.6. The summed E-state index contributed by atoms with van der Waals surface area (Å²) in [4.78, 5) is 46.6. The lowest BCUT2D eigenvalue weighted by molar-refractivity contribution is -0.106. The van der Waals surface area contributed by atoms with E-state index in [1.165, 1.54) is 60.6 Å². The third-order valence-corrected chi connectivity index (χ3v) is 8.85. The highest BCUT2D eigenvalue weighted by atomic mass is 16.5. The zero-order chi connectivity index (χ0) is 40.1. The summed E-state index contributed by atoms with van der Waals surface area (Å²) in [6.45, 7) is 29.0. The first-order chi connectivity index (χ1) is 26.2. The normalized spacial score (nSPS) is 15.0. The molecule has 3 aliphatic rings. The number of aromatic nitrogens is 3. The van der Waals surface area contributed by atoms with Crippen molar-refractivity contribution in [3.63, 3.8) is 0 Å². The van der Waals surface area contributed by atoms with Crippen molar-refractivity contribution in [2.75, 3.05) is 59.1 Å². The number of pyridine rings is 3. The highest BCUT2D eigenvalue weighted by Crippen LogP contribution is 2.25. The smallest absolute Gasteiger partial charge is 0.218 e. The first-order valence-electron chi connectivity index (χ1n) is 19.3. The van der Waals surface area contributed by atoms with Gasteiger partial charge in [-0.15, -0.1) is 0 Å². The molecular weight excluding hydrogens is 697 g/mol. The van der Waals surface area contributed by atoms with E-state index in [2.05, 4.69) is 83.3 Å². The van der Waals surface area contributed by atoms with Crippen molar-refractivity contribution in [1.29, 1.82) is 0 Å². The average Bonchev–Trinajstić information content (AvgIpc) is 3.30. The first kappa shape index (κ1) is 50.7. The Bertz CT molecular complexity index is 1480. The summed E-state index contributed by atoms with van der Waals surface area (Å²) in [6, 6.07) is 6.16. The van der Waals surface area contributed by atoms with Gasteiger partial charge in [-0.2, -0.15) is 0 Å². The van der Waals surface area contributed by atoms with Crippen molar-refractivity contribution in [1.82, 2.24) is 29.7 Å². The maximum Gasteiger partial charge on any atom is 0.218 e. The molecule has 0 unspecified atom stereocenters. The van der Waals surface area contributed by atoms with Gasteiger partial charge in [-0.25, -0.2) is 15.0 Å². The Labute approximate surface area is 332 Å². The van der Waals surface area contributed by atoms with Gasteiger partial charge in [0.15, 0.2) is 0 Å². The lowest BCUT2D eigenvalue weighted by Gasteiger charge is -2.25. The van der Waals surface area contributed by atoms with Crippen LogP contribution in [0.5, 0.6) is 17.6 Å². The summed E-state index contributed by atoms with van der Waals surface area (Å²) in [7, 11) is 0. The van der Waals surface area contributed by atoms with Gasteiger partial charge in [0.2, 0.25) is 17.6 Å². The maximum atomic E-state index is 8.81. The van der Waals surface area contributed by atoms with Crippen LogP contribution in [-0.2, 0) is 34.0 Å². The van der Waals surface area contributed by atoms with Gasteiger partial charge in [-0.3, -0.25) is 14.7 Å². The SMILES string of the molecule is C.CC=O.CC=O.CC=O.CCN1CCCCOc2nccc(C)c2C1.CCN1CCCOc2nccc(C)c2C1.CCN1CCOc2nccc(C)c2C1. The Morgan fingerprint density at radius 1 is 0.527 bits per heavy atom. The molecule has 308 valence electrons. The van der Waals surface area contributed by atoms with Gasteiger partial charge in [-0.1, -0.05) is 28.2 Å². The van der Waals surface area contributed by atoms with E-state index in [1.54, 1.807) is 0 Å². The molecule has 0 aromatic carbocycles. The number of carbonyl (C=O) groups excluding carboxylic acids is 3. The molecule has 0 amide bonds. The topological polar surface area (TPSA) is 127 Å². The minimum absolute atomic E-state index is 0. The molecule has 6 rings (SSSR count). The van der Waals surface area contributed by atoms with Crippen LogP contribution in [0.4, 0.5) is 0 Å². The van der Waals surface area contributed by atoms with Crippen LogP contribution >= 0.6 is 0 Å². The van der Waals surface area contributed by atoms with Gasteiger partial charge in [0, 0.05) is 68.0 Å². The standard InChI is InChI=1S/C13H20N2O.C12H18N2O.C11H16N2O.3C2H4O.CH4/c1-3-15-8-4-5-9-16-13-12(10-15)11(2)6-7-14-13;1-3-14-7-4-8-15-12-11(9-14)10(2)5-6-13-12;1-3-13-6-7-14-11-10(8-13)9(2)4-5-12-11;3*1-2-3;/h6-7H,3-5,8-10H2,1-2H3;5-6H,3-4,7-9H2,1-2H3;4-5H,3,6-8H2,1-2H3;3*2H,1H3;1H4. The number of hydrogen-bond acceptors (Lipinski definition) is 12. The third kappa shape index (κ3) is 19.2. The zero-order valence-corrected chi connectivity index (χ0v) is 34.4. The van der Waals surface area contributed by atoms with Crippen molar-refractivity contribution in [3.8, 4) is 17.6 Å². The molecular formula is C43H70N6O6. The average molecular weight is 767 g/mol. The van der Waals surface area contributed by atoms with Crippen LogP contribution in [0, 0.1) is 20.8 Å². The fourth-order valence-electron chi connectivity index (χ4n) is 5.69. The number of carbonyl (C=O) groups is 3. The van der Waals surface area contributed by atoms with Crippen molar-refractivity contribution < 1.29 is 28.6 Å². The van der Waals surface area contributed by atoms with E-state index >= 15 is 0 Å². The van der Waals surface area contributed by atoms with Crippen molar-refractivity contribution in [2.45, 2.75) is 109 Å². The molecule has 6 heterocycles. The summed E-state index contributed by atoms with van der Waals surface area (Å²) in [5.74, 6) is 2.48. The molecule has 3 aromatic rings. The molecule has 0 bridgehead atoms. The largest absolute Gasteiger partial charge is 0.477 e. The number of rotatable bonds is 3. The summed E-state index contributed by atoms with van der Waals surface area (Å²) >= 11 is 0. The minimum Gasteiger partial charge on any atom is -0.477 e.